The highest BCUT2D eigenvalue weighted by Crippen LogP contribution is 2.71. The molecule has 3 heterocycles. The molecule has 7 nitrogen and oxygen atoms in total. The molecule has 0 aliphatic carbocycles. The Morgan fingerprint density at radius 3 is 2.55 bits per heavy atom. The monoisotopic (exact) mass is 493 g/mol. The molecule has 1 aromatic carbocycles. The highest BCUT2D eigenvalue weighted by atomic mass is 35.5. The number of anilines is 1. The zero-order valence-electron chi connectivity index (χ0n) is 19.3. The van der Waals surface area contributed by atoms with Crippen LogP contribution in [0.2, 0.25) is 5.02 Å². The van der Waals surface area contributed by atoms with Gasteiger partial charge in [0.05, 0.1) is 29.2 Å². The van der Waals surface area contributed by atoms with Crippen molar-refractivity contribution in [3.63, 3.8) is 0 Å². The summed E-state index contributed by atoms with van der Waals surface area (Å²) in [6.45, 7) is 6.26. The van der Waals surface area contributed by atoms with Crippen LogP contribution in [0.4, 0.5) is 5.69 Å². The van der Waals surface area contributed by atoms with Crippen LogP contribution < -0.4 is 10.6 Å². The molecule has 3 aliphatic heterocycles. The van der Waals surface area contributed by atoms with Crippen LogP contribution in [0.5, 0.6) is 0 Å². The number of halogens is 1. The summed E-state index contributed by atoms with van der Waals surface area (Å²) in [7, 11) is 0. The summed E-state index contributed by atoms with van der Waals surface area (Å²) in [5.41, 5.74) is 0.592. The van der Waals surface area contributed by atoms with Gasteiger partial charge in [0, 0.05) is 22.0 Å². The van der Waals surface area contributed by atoms with Gasteiger partial charge >= 0.3 is 0 Å². The third-order valence-corrected chi connectivity index (χ3v) is 9.72. The van der Waals surface area contributed by atoms with Gasteiger partial charge in [0.25, 0.3) is 0 Å². The predicted molar refractivity (Wildman–Crippen MR) is 130 cm³/mol. The Hall–Kier alpha value is -1.77. The summed E-state index contributed by atoms with van der Waals surface area (Å²) in [4.78, 5) is 42.5. The summed E-state index contributed by atoms with van der Waals surface area (Å²) in [6, 6.07) is 5.60. The first-order valence-electron chi connectivity index (χ1n) is 11.7. The van der Waals surface area contributed by atoms with Crippen LogP contribution in [0.15, 0.2) is 24.3 Å². The topological polar surface area (TPSA) is 98.7 Å². The van der Waals surface area contributed by atoms with Gasteiger partial charge in [-0.25, -0.2) is 0 Å². The molecular weight excluding hydrogens is 462 g/mol. The van der Waals surface area contributed by atoms with E-state index >= 15 is 0 Å². The van der Waals surface area contributed by atoms with Gasteiger partial charge in [-0.05, 0) is 56.9 Å². The first kappa shape index (κ1) is 24.4. The van der Waals surface area contributed by atoms with Gasteiger partial charge in [0.2, 0.25) is 17.7 Å². The molecule has 9 heteroatoms. The normalized spacial score (nSPS) is 33.2. The molecule has 3 N–H and O–H groups in total. The average Bonchev–Trinajstić information content (AvgIpc) is 3.36. The highest BCUT2D eigenvalue weighted by Gasteiger charge is 2.77. The van der Waals surface area contributed by atoms with E-state index < -0.39 is 33.4 Å². The van der Waals surface area contributed by atoms with E-state index in [4.69, 9.17) is 11.6 Å². The number of nitrogens with one attached hydrogen (secondary N) is 2. The number of thioether (sulfide) groups is 1. The Bertz CT molecular complexity index is 940. The predicted octanol–water partition coefficient (Wildman–Crippen LogP) is 3.06. The molecule has 3 fully saturated rings. The van der Waals surface area contributed by atoms with Gasteiger partial charge in [0.1, 0.15) is 6.04 Å². The van der Waals surface area contributed by atoms with Crippen LogP contribution in [0.1, 0.15) is 46.5 Å². The molecule has 4 rings (SSSR count). The second-order valence-electron chi connectivity index (χ2n) is 9.50. The molecule has 0 saturated carbocycles. The minimum Gasteiger partial charge on any atom is -0.394 e. The van der Waals surface area contributed by atoms with Gasteiger partial charge in [0.15, 0.2) is 0 Å². The Kier molecular flexibility index (Phi) is 6.73. The summed E-state index contributed by atoms with van der Waals surface area (Å²) >= 11 is 7.61. The summed E-state index contributed by atoms with van der Waals surface area (Å²) < 4.78 is -1.09. The number of aliphatic hydroxyl groups is 1. The molecule has 6 atom stereocenters. The van der Waals surface area contributed by atoms with Gasteiger partial charge in [-0.2, -0.15) is 0 Å². The molecular formula is C24H32ClN3O4S. The van der Waals surface area contributed by atoms with Crippen molar-refractivity contribution in [2.75, 3.05) is 18.5 Å². The number of amides is 3. The SMILES string of the molecule is CCCNC(=O)[C@H]1[C@H]2C(=O)N([C@@H](CC)CO)C(C(=O)Nc3ccc(Cl)cc3)C23CC[C@]1(C)S3. The second kappa shape index (κ2) is 9.12. The number of benzene rings is 1. The number of carbonyl (C=O) groups is 3. The molecule has 33 heavy (non-hydrogen) atoms. The van der Waals surface area contributed by atoms with Crippen molar-refractivity contribution >= 4 is 46.8 Å². The minimum absolute atomic E-state index is 0.109. The van der Waals surface area contributed by atoms with Crippen LogP contribution in [0.3, 0.4) is 0 Å². The smallest absolute Gasteiger partial charge is 0.248 e. The number of hydrogen-bond donors (Lipinski definition) is 3. The van der Waals surface area contributed by atoms with E-state index in [0.29, 0.717) is 30.1 Å². The average molecular weight is 494 g/mol. The van der Waals surface area contributed by atoms with Gasteiger partial charge < -0.3 is 20.6 Å². The number of likely N-dealkylation sites (tertiary alicyclic amines) is 1. The molecule has 3 saturated heterocycles. The van der Waals surface area contributed by atoms with Crippen LogP contribution in [-0.4, -0.2) is 62.5 Å². The number of aliphatic hydroxyl groups excluding tert-OH is 1. The van der Waals surface area contributed by atoms with Crippen LogP contribution in [0.25, 0.3) is 0 Å². The fraction of sp³-hybridized carbons (Fsp3) is 0.625. The van der Waals surface area contributed by atoms with Gasteiger partial charge in [-0.3, -0.25) is 14.4 Å². The lowest BCUT2D eigenvalue weighted by atomic mass is 9.66. The maximum atomic E-state index is 13.9. The van der Waals surface area contributed by atoms with E-state index in [1.54, 1.807) is 40.9 Å². The highest BCUT2D eigenvalue weighted by molar-refractivity contribution is 8.02. The van der Waals surface area contributed by atoms with Crippen LogP contribution in [0, 0.1) is 11.8 Å². The molecule has 180 valence electrons. The number of hydrogen-bond acceptors (Lipinski definition) is 5. The van der Waals surface area contributed by atoms with Crippen molar-refractivity contribution in [3.05, 3.63) is 29.3 Å². The Morgan fingerprint density at radius 2 is 1.94 bits per heavy atom. The lowest BCUT2D eigenvalue weighted by Gasteiger charge is -2.36. The number of rotatable bonds is 8. The van der Waals surface area contributed by atoms with Crippen LogP contribution >= 0.6 is 23.4 Å². The van der Waals surface area contributed by atoms with Gasteiger partial charge in [-0.15, -0.1) is 11.8 Å². The molecule has 1 spiro atoms. The lowest BCUT2D eigenvalue weighted by molar-refractivity contribution is -0.142. The third kappa shape index (κ3) is 3.84. The first-order chi connectivity index (χ1) is 15.7. The van der Waals surface area contributed by atoms with Crippen molar-refractivity contribution in [3.8, 4) is 0 Å². The number of carbonyl (C=O) groups excluding carboxylic acids is 3. The summed E-state index contributed by atoms with van der Waals surface area (Å²) in [5.74, 6) is -1.67. The Balaban J connectivity index is 1.74. The van der Waals surface area contributed by atoms with E-state index in [0.717, 1.165) is 12.8 Å². The Labute approximate surface area is 204 Å². The maximum absolute atomic E-state index is 13.9. The quantitative estimate of drug-likeness (QED) is 0.517. The summed E-state index contributed by atoms with van der Waals surface area (Å²) in [5, 5.41) is 16.6. The van der Waals surface area contributed by atoms with Gasteiger partial charge in [-0.1, -0.05) is 25.4 Å². The zero-order valence-corrected chi connectivity index (χ0v) is 20.8. The third-order valence-electron chi connectivity index (χ3n) is 7.48. The van der Waals surface area contributed by atoms with Crippen molar-refractivity contribution in [1.82, 2.24) is 10.2 Å². The lowest BCUT2D eigenvalue weighted by Crippen LogP contribution is -2.54. The zero-order chi connectivity index (χ0) is 24.0. The standard InChI is InChI=1S/C24H32ClN3O4S/c1-4-12-26-20(30)17-18-22(32)28(16(5-2)13-29)19(24(18)11-10-23(17,3)33-24)21(31)27-15-8-6-14(25)7-9-15/h6-9,16-19,29H,4-5,10-13H2,1-3H3,(H,26,30)(H,27,31)/t16-,17+,18-,19?,23-,24?/m0/s1. The summed E-state index contributed by atoms with van der Waals surface area (Å²) in [6.07, 6.45) is 2.77. The van der Waals surface area contributed by atoms with E-state index in [1.165, 1.54) is 0 Å². The first-order valence-corrected chi connectivity index (χ1v) is 12.9. The molecule has 1 aromatic rings. The molecule has 0 aromatic heterocycles. The van der Waals surface area contributed by atoms with E-state index in [9.17, 15) is 19.5 Å². The van der Waals surface area contributed by atoms with Crippen LogP contribution in [-0.2, 0) is 14.4 Å². The van der Waals surface area contributed by atoms with Crippen molar-refractivity contribution < 1.29 is 19.5 Å². The Morgan fingerprint density at radius 1 is 1.24 bits per heavy atom. The molecule has 0 radical (unpaired) electrons. The molecule has 2 bridgehead atoms. The minimum atomic E-state index is -0.765. The number of fused-ring (bicyclic) bond motifs is 1. The van der Waals surface area contributed by atoms with Crippen molar-refractivity contribution in [1.29, 1.82) is 0 Å². The van der Waals surface area contributed by atoms with E-state index in [2.05, 4.69) is 17.6 Å². The van der Waals surface area contributed by atoms with E-state index in [1.807, 2.05) is 13.8 Å². The number of nitrogens with zero attached hydrogens (tertiary/aromatic N) is 1. The molecule has 2 unspecified atom stereocenters. The second-order valence-corrected chi connectivity index (χ2v) is 11.8. The largest absolute Gasteiger partial charge is 0.394 e. The van der Waals surface area contributed by atoms with Crippen molar-refractivity contribution in [2.24, 2.45) is 11.8 Å². The molecule has 3 aliphatic rings. The maximum Gasteiger partial charge on any atom is 0.248 e. The fourth-order valence-corrected chi connectivity index (χ4v) is 8.44. The van der Waals surface area contributed by atoms with Crippen molar-refractivity contribution in [2.45, 2.75) is 68.0 Å². The van der Waals surface area contributed by atoms with E-state index in [-0.39, 0.29) is 24.3 Å². The molecule has 3 amide bonds. The fourth-order valence-electron chi connectivity index (χ4n) is 5.97.